The van der Waals surface area contributed by atoms with Crippen molar-refractivity contribution < 1.29 is 17.6 Å². The number of halogens is 4. The third kappa shape index (κ3) is 2.18. The maximum Gasteiger partial charge on any atom is 0.450 e. The molecule has 0 aliphatic carbocycles. The second-order valence-electron chi connectivity index (χ2n) is 4.57. The maximum absolute atomic E-state index is 13.1. The molecule has 1 aromatic carbocycles. The number of alkyl halides is 3. The van der Waals surface area contributed by atoms with Crippen LogP contribution in [0.5, 0.6) is 0 Å². The van der Waals surface area contributed by atoms with Gasteiger partial charge in [0.05, 0.1) is 5.69 Å². The van der Waals surface area contributed by atoms with E-state index in [0.717, 1.165) is 16.7 Å². The van der Waals surface area contributed by atoms with Gasteiger partial charge in [-0.2, -0.15) is 13.2 Å². The van der Waals surface area contributed by atoms with Crippen molar-refractivity contribution in [1.29, 1.82) is 0 Å². The van der Waals surface area contributed by atoms with Gasteiger partial charge < -0.3 is 5.32 Å². The molecule has 106 valence electrons. The zero-order valence-electron chi connectivity index (χ0n) is 10.3. The Morgan fingerprint density at radius 2 is 1.85 bits per heavy atom. The normalized spacial score (nSPS) is 15.2. The highest BCUT2D eigenvalue weighted by Gasteiger charge is 2.39. The van der Waals surface area contributed by atoms with E-state index in [4.69, 9.17) is 0 Å². The molecular formula is C13H11F4N3. The lowest BCUT2D eigenvalue weighted by Gasteiger charge is -2.16. The van der Waals surface area contributed by atoms with Crippen LogP contribution in [0, 0.1) is 5.82 Å². The summed E-state index contributed by atoms with van der Waals surface area (Å²) in [5.74, 6) is -1.45. The van der Waals surface area contributed by atoms with Crippen LogP contribution in [-0.2, 0) is 19.1 Å². The van der Waals surface area contributed by atoms with E-state index in [1.807, 2.05) is 0 Å². The van der Waals surface area contributed by atoms with E-state index in [1.54, 1.807) is 0 Å². The largest absolute Gasteiger partial charge is 0.450 e. The minimum Gasteiger partial charge on any atom is -0.311 e. The van der Waals surface area contributed by atoms with Gasteiger partial charge in [-0.3, -0.25) is 4.57 Å². The van der Waals surface area contributed by atoms with Crippen LogP contribution in [-0.4, -0.2) is 16.1 Å². The van der Waals surface area contributed by atoms with E-state index in [9.17, 15) is 17.6 Å². The highest BCUT2D eigenvalue weighted by Crippen LogP contribution is 2.33. The van der Waals surface area contributed by atoms with Crippen molar-refractivity contribution in [1.82, 2.24) is 14.9 Å². The summed E-state index contributed by atoms with van der Waals surface area (Å²) >= 11 is 0. The third-order valence-corrected chi connectivity index (χ3v) is 3.23. The van der Waals surface area contributed by atoms with Crippen LogP contribution < -0.4 is 5.32 Å². The Hall–Kier alpha value is -1.89. The van der Waals surface area contributed by atoms with E-state index >= 15 is 0 Å². The molecule has 3 nitrogen and oxygen atoms in total. The van der Waals surface area contributed by atoms with Crippen LogP contribution in [0.15, 0.2) is 24.3 Å². The smallest absolute Gasteiger partial charge is 0.311 e. The fourth-order valence-electron chi connectivity index (χ4n) is 2.37. The Morgan fingerprint density at radius 3 is 2.50 bits per heavy atom. The Morgan fingerprint density at radius 1 is 1.15 bits per heavy atom. The number of hydrogen-bond donors (Lipinski definition) is 1. The zero-order chi connectivity index (χ0) is 14.3. The number of rotatable bonds is 1. The van der Waals surface area contributed by atoms with Gasteiger partial charge >= 0.3 is 6.18 Å². The number of hydrogen-bond acceptors (Lipinski definition) is 2. The van der Waals surface area contributed by atoms with Gasteiger partial charge in [0.15, 0.2) is 0 Å². The maximum atomic E-state index is 13.1. The minimum absolute atomic E-state index is 0.273. The molecular weight excluding hydrogens is 274 g/mol. The van der Waals surface area contributed by atoms with E-state index < -0.39 is 17.8 Å². The molecule has 0 saturated carbocycles. The zero-order valence-corrected chi connectivity index (χ0v) is 10.3. The average molecular weight is 285 g/mol. The molecule has 1 aliphatic heterocycles. The van der Waals surface area contributed by atoms with Gasteiger partial charge in [-0.05, 0) is 24.3 Å². The molecule has 0 saturated heterocycles. The lowest BCUT2D eigenvalue weighted by Crippen LogP contribution is -2.25. The summed E-state index contributed by atoms with van der Waals surface area (Å²) in [6.07, 6.45) is -4.10. The average Bonchev–Trinajstić information content (AvgIpc) is 2.79. The van der Waals surface area contributed by atoms with Crippen LogP contribution in [0.4, 0.5) is 17.6 Å². The summed E-state index contributed by atoms with van der Waals surface area (Å²) in [6, 6.07) is 4.94. The fourth-order valence-corrected chi connectivity index (χ4v) is 2.37. The molecule has 7 heteroatoms. The topological polar surface area (TPSA) is 29.9 Å². The van der Waals surface area contributed by atoms with Crippen LogP contribution in [0.2, 0.25) is 0 Å². The summed E-state index contributed by atoms with van der Waals surface area (Å²) in [4.78, 5) is 3.70. The van der Waals surface area contributed by atoms with Crippen molar-refractivity contribution in [2.75, 3.05) is 6.54 Å². The first-order valence-electron chi connectivity index (χ1n) is 6.11. The Kier molecular flexibility index (Phi) is 3.01. The van der Waals surface area contributed by atoms with E-state index in [0.29, 0.717) is 30.9 Å². The molecule has 1 aromatic heterocycles. The molecule has 0 bridgehead atoms. The van der Waals surface area contributed by atoms with Gasteiger partial charge in [-0.1, -0.05) is 0 Å². The predicted molar refractivity (Wildman–Crippen MR) is 63.9 cm³/mol. The van der Waals surface area contributed by atoms with Crippen molar-refractivity contribution in [2.24, 2.45) is 0 Å². The van der Waals surface area contributed by atoms with Crippen molar-refractivity contribution >= 4 is 0 Å². The van der Waals surface area contributed by atoms with Crippen LogP contribution in [0.3, 0.4) is 0 Å². The minimum atomic E-state index is -4.55. The quantitative estimate of drug-likeness (QED) is 0.816. The molecule has 1 N–H and O–H groups in total. The summed E-state index contributed by atoms with van der Waals surface area (Å²) in [7, 11) is 0. The summed E-state index contributed by atoms with van der Waals surface area (Å²) in [5.41, 5.74) is 1.20. The van der Waals surface area contributed by atoms with Crippen molar-refractivity contribution in [3.05, 3.63) is 47.3 Å². The first-order chi connectivity index (χ1) is 9.47. The summed E-state index contributed by atoms with van der Waals surface area (Å²) in [5, 5.41) is 2.99. The van der Waals surface area contributed by atoms with E-state index in [-0.39, 0.29) is 5.69 Å². The van der Waals surface area contributed by atoms with Gasteiger partial charge in [0.25, 0.3) is 0 Å². The Bertz CT molecular complexity index is 628. The predicted octanol–water partition coefficient (Wildman–Crippen LogP) is 2.68. The first-order valence-corrected chi connectivity index (χ1v) is 6.11. The molecule has 0 unspecified atom stereocenters. The highest BCUT2D eigenvalue weighted by atomic mass is 19.4. The Labute approximate surface area is 112 Å². The molecule has 3 rings (SSSR count). The molecule has 1 aliphatic rings. The molecule has 0 amide bonds. The van der Waals surface area contributed by atoms with Crippen molar-refractivity contribution in [3.8, 4) is 5.69 Å². The van der Waals surface area contributed by atoms with Crippen LogP contribution >= 0.6 is 0 Å². The van der Waals surface area contributed by atoms with Crippen LogP contribution in [0.1, 0.15) is 17.2 Å². The van der Waals surface area contributed by atoms with Gasteiger partial charge in [0.2, 0.25) is 5.82 Å². The number of nitrogens with zero attached hydrogens (tertiary/aromatic N) is 2. The molecule has 0 spiro atoms. The fraction of sp³-hybridized carbons (Fsp3) is 0.308. The SMILES string of the molecule is Fc1ccc(-n2c(C(F)(F)F)nc3c2CCNC3)cc1. The van der Waals surface area contributed by atoms with Gasteiger partial charge in [0.1, 0.15) is 5.82 Å². The van der Waals surface area contributed by atoms with Gasteiger partial charge in [-0.15, -0.1) is 0 Å². The molecule has 0 atom stereocenters. The van der Waals surface area contributed by atoms with Gasteiger partial charge in [-0.25, -0.2) is 9.37 Å². The Balaban J connectivity index is 2.21. The van der Waals surface area contributed by atoms with E-state index in [2.05, 4.69) is 10.3 Å². The van der Waals surface area contributed by atoms with Gasteiger partial charge in [0, 0.05) is 30.9 Å². The second kappa shape index (κ2) is 4.59. The standard InChI is InChI=1S/C13H11F4N3/c14-8-1-3-9(4-2-8)20-11-5-6-18-7-10(11)19-12(20)13(15,16)17/h1-4,18H,5-7H2. The number of fused-ring (bicyclic) bond motifs is 1. The lowest BCUT2D eigenvalue weighted by molar-refractivity contribution is -0.146. The van der Waals surface area contributed by atoms with Crippen molar-refractivity contribution in [3.63, 3.8) is 0 Å². The molecule has 0 fully saturated rings. The third-order valence-electron chi connectivity index (χ3n) is 3.23. The van der Waals surface area contributed by atoms with Crippen LogP contribution in [0.25, 0.3) is 5.69 Å². The lowest BCUT2D eigenvalue weighted by atomic mass is 10.1. The monoisotopic (exact) mass is 285 g/mol. The number of aromatic nitrogens is 2. The first kappa shape index (κ1) is 13.1. The van der Waals surface area contributed by atoms with Crippen molar-refractivity contribution in [2.45, 2.75) is 19.1 Å². The number of benzene rings is 1. The molecule has 2 heterocycles. The second-order valence-corrected chi connectivity index (χ2v) is 4.57. The molecule has 0 radical (unpaired) electrons. The molecule has 2 aromatic rings. The summed E-state index contributed by atoms with van der Waals surface area (Å²) in [6.45, 7) is 0.907. The number of nitrogens with one attached hydrogen (secondary N) is 1. The highest BCUT2D eigenvalue weighted by molar-refractivity contribution is 5.39. The summed E-state index contributed by atoms with van der Waals surface area (Å²) < 4.78 is 53.4. The molecule has 20 heavy (non-hydrogen) atoms. The number of imidazole rings is 1. The van der Waals surface area contributed by atoms with E-state index in [1.165, 1.54) is 12.1 Å².